The monoisotopic (exact) mass is 428 g/mol. The van der Waals surface area contributed by atoms with Crippen molar-refractivity contribution in [1.29, 1.82) is 0 Å². The van der Waals surface area contributed by atoms with Gasteiger partial charge in [0.05, 0.1) is 11.1 Å². The van der Waals surface area contributed by atoms with Gasteiger partial charge in [-0.3, -0.25) is 0 Å². The molecule has 2 aromatic carbocycles. The van der Waals surface area contributed by atoms with Gasteiger partial charge >= 0.3 is 11.9 Å². The molecule has 0 spiro atoms. The third-order valence-electron chi connectivity index (χ3n) is 5.34. The van der Waals surface area contributed by atoms with Crippen molar-refractivity contribution in [2.45, 2.75) is 56.3 Å². The van der Waals surface area contributed by atoms with E-state index in [4.69, 9.17) is 18.9 Å². The molecule has 8 nitrogen and oxygen atoms in total. The second-order valence-corrected chi connectivity index (χ2v) is 8.02. The molecule has 1 saturated carbocycles. The quantitative estimate of drug-likeness (QED) is 0.708. The molecule has 0 aromatic heterocycles. The van der Waals surface area contributed by atoms with Crippen LogP contribution < -0.4 is 0 Å². The van der Waals surface area contributed by atoms with E-state index in [1.54, 1.807) is 74.5 Å². The summed E-state index contributed by atoms with van der Waals surface area (Å²) in [6, 6.07) is 16.4. The fourth-order valence-electron chi connectivity index (χ4n) is 3.91. The lowest BCUT2D eigenvalue weighted by Gasteiger charge is -2.42. The van der Waals surface area contributed by atoms with Crippen LogP contribution in [0.5, 0.6) is 0 Å². The second-order valence-electron chi connectivity index (χ2n) is 8.02. The van der Waals surface area contributed by atoms with Crippen LogP contribution in [0.25, 0.3) is 0 Å². The number of carbonyl (C=O) groups excluding carboxylic acids is 2. The van der Waals surface area contributed by atoms with E-state index in [-0.39, 0.29) is 11.1 Å². The van der Waals surface area contributed by atoms with Gasteiger partial charge in [-0.25, -0.2) is 9.59 Å². The smallest absolute Gasteiger partial charge is 0.338 e. The minimum Gasteiger partial charge on any atom is -0.452 e. The molecule has 2 N–H and O–H groups in total. The average molecular weight is 428 g/mol. The van der Waals surface area contributed by atoms with Gasteiger partial charge in [0.25, 0.3) is 0 Å². The highest BCUT2D eigenvalue weighted by Gasteiger charge is 2.60. The summed E-state index contributed by atoms with van der Waals surface area (Å²) in [4.78, 5) is 25.3. The molecule has 0 radical (unpaired) electrons. The predicted octanol–water partition coefficient (Wildman–Crippen LogP) is 1.69. The largest absolute Gasteiger partial charge is 0.452 e. The summed E-state index contributed by atoms with van der Waals surface area (Å²) in [7, 11) is 0. The zero-order valence-corrected chi connectivity index (χ0v) is 17.1. The van der Waals surface area contributed by atoms with Crippen molar-refractivity contribution in [1.82, 2.24) is 0 Å². The Balaban J connectivity index is 1.62. The van der Waals surface area contributed by atoms with E-state index in [0.29, 0.717) is 0 Å². The van der Waals surface area contributed by atoms with E-state index < -0.39 is 54.3 Å². The molecule has 4 rings (SSSR count). The van der Waals surface area contributed by atoms with Crippen LogP contribution in [0.4, 0.5) is 0 Å². The first-order valence-electron chi connectivity index (χ1n) is 10.0. The number of ether oxygens (including phenoxy) is 4. The fraction of sp³-hybridized carbons (Fsp3) is 0.391. The number of rotatable bonds is 4. The SMILES string of the molecule is CC1(C)O[C@@H]2[C@@H](O)[C@H](OC(=O)c3ccccc3)[C@@H](OC(=O)c3ccccc3)[C@H](O)[C@@H]2O1. The number of hydrogen-bond donors (Lipinski definition) is 2. The van der Waals surface area contributed by atoms with Crippen LogP contribution in [0.1, 0.15) is 34.6 Å². The molecule has 1 saturated heterocycles. The van der Waals surface area contributed by atoms with Crippen LogP contribution in [0.2, 0.25) is 0 Å². The first-order chi connectivity index (χ1) is 14.8. The van der Waals surface area contributed by atoms with Gasteiger partial charge in [-0.05, 0) is 38.1 Å². The molecular weight excluding hydrogens is 404 g/mol. The number of fused-ring (bicyclic) bond motifs is 1. The molecule has 2 aliphatic rings. The Morgan fingerprint density at radius 1 is 0.742 bits per heavy atom. The van der Waals surface area contributed by atoms with Crippen LogP contribution in [0.3, 0.4) is 0 Å². The lowest BCUT2D eigenvalue weighted by atomic mass is 9.84. The highest BCUT2D eigenvalue weighted by molar-refractivity contribution is 5.90. The number of benzene rings is 2. The van der Waals surface area contributed by atoms with E-state index in [2.05, 4.69) is 0 Å². The topological polar surface area (TPSA) is 112 Å². The molecule has 1 aliphatic carbocycles. The van der Waals surface area contributed by atoms with Crippen molar-refractivity contribution in [2.75, 3.05) is 0 Å². The maximum Gasteiger partial charge on any atom is 0.338 e. The van der Waals surface area contributed by atoms with E-state index in [1.807, 2.05) is 0 Å². The lowest BCUT2D eigenvalue weighted by Crippen LogP contribution is -2.64. The Bertz CT molecular complexity index is 854. The van der Waals surface area contributed by atoms with Crippen molar-refractivity contribution in [3.05, 3.63) is 71.8 Å². The van der Waals surface area contributed by atoms with Gasteiger partial charge in [-0.1, -0.05) is 36.4 Å². The third-order valence-corrected chi connectivity index (χ3v) is 5.34. The van der Waals surface area contributed by atoms with Gasteiger partial charge < -0.3 is 29.2 Å². The van der Waals surface area contributed by atoms with Crippen LogP contribution in [0.15, 0.2) is 60.7 Å². The molecule has 164 valence electrons. The number of esters is 2. The Morgan fingerprint density at radius 3 is 1.45 bits per heavy atom. The van der Waals surface area contributed by atoms with Crippen molar-refractivity contribution in [3.63, 3.8) is 0 Å². The van der Waals surface area contributed by atoms with Gasteiger partial charge in [0.2, 0.25) is 0 Å². The zero-order chi connectivity index (χ0) is 22.2. The molecular formula is C23H24O8. The number of aliphatic hydroxyl groups is 2. The standard InChI is InChI=1S/C23H24O8/c1-23(2)30-19-15(24)17(28-21(26)13-9-5-3-6-10-13)18(16(25)20(19)31-23)29-22(27)14-11-7-4-8-12-14/h3-12,15-20,24-25H,1-2H3/t15-,16-,17-,18-,19-,20+/m0/s1. The van der Waals surface area contributed by atoms with E-state index >= 15 is 0 Å². The van der Waals surface area contributed by atoms with E-state index in [0.717, 1.165) is 0 Å². The number of hydrogen-bond acceptors (Lipinski definition) is 8. The molecule has 31 heavy (non-hydrogen) atoms. The molecule has 2 fully saturated rings. The van der Waals surface area contributed by atoms with Crippen LogP contribution in [0, 0.1) is 0 Å². The molecule has 8 heteroatoms. The Morgan fingerprint density at radius 2 is 1.10 bits per heavy atom. The minimum atomic E-state index is -1.39. The van der Waals surface area contributed by atoms with Crippen LogP contribution >= 0.6 is 0 Å². The maximum atomic E-state index is 12.7. The summed E-state index contributed by atoms with van der Waals surface area (Å²) in [6.45, 7) is 3.28. The minimum absolute atomic E-state index is 0.253. The van der Waals surface area contributed by atoms with Crippen LogP contribution in [-0.4, -0.2) is 64.6 Å². The van der Waals surface area contributed by atoms with Crippen molar-refractivity contribution >= 4 is 11.9 Å². The summed E-state index contributed by atoms with van der Waals surface area (Å²) < 4.78 is 22.5. The van der Waals surface area contributed by atoms with Crippen molar-refractivity contribution in [2.24, 2.45) is 0 Å². The Kier molecular flexibility index (Phi) is 5.81. The van der Waals surface area contributed by atoms with Crippen molar-refractivity contribution < 1.29 is 38.7 Å². The van der Waals surface area contributed by atoms with Gasteiger partial charge in [-0.15, -0.1) is 0 Å². The molecule has 0 bridgehead atoms. The van der Waals surface area contributed by atoms with E-state index in [1.165, 1.54) is 0 Å². The molecule has 0 amide bonds. The number of carbonyl (C=O) groups is 2. The van der Waals surface area contributed by atoms with Crippen molar-refractivity contribution in [3.8, 4) is 0 Å². The summed E-state index contributed by atoms with van der Waals surface area (Å²) >= 11 is 0. The van der Waals surface area contributed by atoms with Gasteiger partial charge in [-0.2, -0.15) is 0 Å². The molecule has 6 atom stereocenters. The zero-order valence-electron chi connectivity index (χ0n) is 17.1. The summed E-state index contributed by atoms with van der Waals surface area (Å²) in [5, 5.41) is 21.9. The van der Waals surface area contributed by atoms with Gasteiger partial charge in [0, 0.05) is 0 Å². The highest BCUT2D eigenvalue weighted by Crippen LogP contribution is 2.39. The predicted molar refractivity (Wildman–Crippen MR) is 107 cm³/mol. The van der Waals surface area contributed by atoms with Gasteiger partial charge in [0.15, 0.2) is 18.0 Å². The second kappa shape index (κ2) is 8.39. The molecule has 2 aromatic rings. The highest BCUT2D eigenvalue weighted by atomic mass is 16.8. The Hall–Kier alpha value is -2.78. The normalized spacial score (nSPS) is 31.5. The Labute approximate surface area is 179 Å². The molecule has 0 unspecified atom stereocenters. The summed E-state index contributed by atoms with van der Waals surface area (Å²) in [5.41, 5.74) is 0.506. The number of aliphatic hydroxyl groups excluding tert-OH is 2. The lowest BCUT2D eigenvalue weighted by molar-refractivity contribution is -0.194. The fourth-order valence-corrected chi connectivity index (χ4v) is 3.91. The average Bonchev–Trinajstić information content (AvgIpc) is 3.11. The molecule has 1 aliphatic heterocycles. The first kappa shape index (κ1) is 21.5. The third kappa shape index (κ3) is 4.33. The summed E-state index contributed by atoms with van der Waals surface area (Å²) in [5.74, 6) is -2.53. The first-order valence-corrected chi connectivity index (χ1v) is 10.0. The molecule has 1 heterocycles. The van der Waals surface area contributed by atoms with Gasteiger partial charge in [0.1, 0.15) is 24.4 Å². The summed E-state index contributed by atoms with van der Waals surface area (Å²) in [6.07, 6.45) is -7.45. The van der Waals surface area contributed by atoms with E-state index in [9.17, 15) is 19.8 Å². The maximum absolute atomic E-state index is 12.7. The van der Waals surface area contributed by atoms with Crippen LogP contribution in [-0.2, 0) is 18.9 Å².